The number of hydrogen-bond donors (Lipinski definition) is 2. The molecule has 2 aromatic rings. The van der Waals surface area contributed by atoms with Gasteiger partial charge in [-0.2, -0.15) is 15.4 Å². The summed E-state index contributed by atoms with van der Waals surface area (Å²) in [5.41, 5.74) is 1.99. The first kappa shape index (κ1) is 11.6. The summed E-state index contributed by atoms with van der Waals surface area (Å²) < 4.78 is 5.23. The standard InChI is InChI=1S/C12H16N4O/c1-3-13-12(11-8-14-16-15-11)9-5-4-6-10(7-9)17-2/h4-8,12-13H,3H2,1-2H3,(H,14,15,16). The van der Waals surface area contributed by atoms with Gasteiger partial charge in [0.05, 0.1) is 19.3 Å². The monoisotopic (exact) mass is 232 g/mol. The average Bonchev–Trinajstić information content (AvgIpc) is 2.89. The molecular weight excluding hydrogens is 216 g/mol. The Labute approximate surface area is 100 Å². The van der Waals surface area contributed by atoms with E-state index in [1.54, 1.807) is 13.3 Å². The molecule has 0 bridgehead atoms. The highest BCUT2D eigenvalue weighted by Gasteiger charge is 2.15. The Morgan fingerprint density at radius 3 is 3.00 bits per heavy atom. The highest BCUT2D eigenvalue weighted by Crippen LogP contribution is 2.23. The van der Waals surface area contributed by atoms with E-state index in [2.05, 4.69) is 27.7 Å². The molecule has 0 amide bonds. The first-order valence-electron chi connectivity index (χ1n) is 5.58. The van der Waals surface area contributed by atoms with Gasteiger partial charge < -0.3 is 10.1 Å². The summed E-state index contributed by atoms with van der Waals surface area (Å²) in [5.74, 6) is 0.842. The van der Waals surface area contributed by atoms with Gasteiger partial charge >= 0.3 is 0 Å². The zero-order chi connectivity index (χ0) is 12.1. The molecule has 1 heterocycles. The number of nitrogens with one attached hydrogen (secondary N) is 2. The molecule has 1 aromatic heterocycles. The van der Waals surface area contributed by atoms with Crippen molar-refractivity contribution in [2.75, 3.05) is 13.7 Å². The lowest BCUT2D eigenvalue weighted by atomic mass is 10.0. The van der Waals surface area contributed by atoms with Crippen molar-refractivity contribution in [2.24, 2.45) is 0 Å². The Kier molecular flexibility index (Phi) is 3.72. The van der Waals surface area contributed by atoms with E-state index in [9.17, 15) is 0 Å². The van der Waals surface area contributed by atoms with Gasteiger partial charge in [-0.1, -0.05) is 19.1 Å². The Bertz CT molecular complexity index is 455. The van der Waals surface area contributed by atoms with Gasteiger partial charge in [-0.3, -0.25) is 0 Å². The van der Waals surface area contributed by atoms with Gasteiger partial charge in [-0.05, 0) is 24.2 Å². The van der Waals surface area contributed by atoms with Crippen LogP contribution in [0.1, 0.15) is 24.2 Å². The van der Waals surface area contributed by atoms with E-state index in [1.807, 2.05) is 24.3 Å². The van der Waals surface area contributed by atoms with E-state index in [0.29, 0.717) is 0 Å². The topological polar surface area (TPSA) is 62.8 Å². The maximum absolute atomic E-state index is 5.23. The number of ether oxygens (including phenoxy) is 1. The van der Waals surface area contributed by atoms with E-state index in [0.717, 1.165) is 23.6 Å². The lowest BCUT2D eigenvalue weighted by Gasteiger charge is -2.16. The Morgan fingerprint density at radius 2 is 2.35 bits per heavy atom. The summed E-state index contributed by atoms with van der Waals surface area (Å²) in [6.07, 6.45) is 1.73. The lowest BCUT2D eigenvalue weighted by molar-refractivity contribution is 0.413. The van der Waals surface area contributed by atoms with E-state index in [1.165, 1.54) is 0 Å². The van der Waals surface area contributed by atoms with Crippen LogP contribution in [-0.4, -0.2) is 29.1 Å². The van der Waals surface area contributed by atoms with Crippen LogP contribution in [0.2, 0.25) is 0 Å². The molecule has 1 atom stereocenters. The SMILES string of the molecule is CCNC(c1cccc(OC)c1)c1cn[nH]n1. The second kappa shape index (κ2) is 5.45. The van der Waals surface area contributed by atoms with Crippen LogP contribution in [0.4, 0.5) is 0 Å². The molecule has 5 heteroatoms. The summed E-state index contributed by atoms with van der Waals surface area (Å²) in [7, 11) is 1.66. The number of rotatable bonds is 5. The Balaban J connectivity index is 2.32. The molecular formula is C12H16N4O. The third kappa shape index (κ3) is 2.62. The number of benzene rings is 1. The van der Waals surface area contributed by atoms with Gasteiger partial charge in [-0.25, -0.2) is 0 Å². The van der Waals surface area contributed by atoms with Crippen LogP contribution < -0.4 is 10.1 Å². The maximum Gasteiger partial charge on any atom is 0.119 e. The molecule has 2 N–H and O–H groups in total. The average molecular weight is 232 g/mol. The van der Waals surface area contributed by atoms with Gasteiger partial charge in [0.1, 0.15) is 11.4 Å². The number of H-pyrrole nitrogens is 1. The number of nitrogens with zero attached hydrogens (tertiary/aromatic N) is 2. The van der Waals surface area contributed by atoms with Crippen LogP contribution in [-0.2, 0) is 0 Å². The molecule has 0 aliphatic carbocycles. The smallest absolute Gasteiger partial charge is 0.119 e. The zero-order valence-corrected chi connectivity index (χ0v) is 9.97. The van der Waals surface area contributed by atoms with Crippen molar-refractivity contribution in [3.63, 3.8) is 0 Å². The fourth-order valence-electron chi connectivity index (χ4n) is 1.77. The summed E-state index contributed by atoms with van der Waals surface area (Å²) in [6, 6.07) is 7.98. The molecule has 0 saturated heterocycles. The van der Waals surface area contributed by atoms with Gasteiger partial charge in [0.25, 0.3) is 0 Å². The number of aromatic amines is 1. The number of methoxy groups -OCH3 is 1. The number of hydrogen-bond acceptors (Lipinski definition) is 4. The Hall–Kier alpha value is -1.88. The minimum Gasteiger partial charge on any atom is -0.497 e. The van der Waals surface area contributed by atoms with E-state index in [-0.39, 0.29) is 6.04 Å². The van der Waals surface area contributed by atoms with Crippen LogP contribution in [0.15, 0.2) is 30.5 Å². The maximum atomic E-state index is 5.23. The minimum atomic E-state index is 0.0360. The first-order valence-corrected chi connectivity index (χ1v) is 5.58. The molecule has 0 saturated carbocycles. The normalized spacial score (nSPS) is 12.4. The largest absolute Gasteiger partial charge is 0.497 e. The van der Waals surface area contributed by atoms with Gasteiger partial charge in [0.15, 0.2) is 0 Å². The fourth-order valence-corrected chi connectivity index (χ4v) is 1.77. The number of aromatic nitrogens is 3. The molecule has 1 unspecified atom stereocenters. The quantitative estimate of drug-likeness (QED) is 0.820. The molecule has 17 heavy (non-hydrogen) atoms. The van der Waals surface area contributed by atoms with E-state index in [4.69, 9.17) is 4.74 Å². The second-order valence-corrected chi connectivity index (χ2v) is 3.66. The van der Waals surface area contributed by atoms with Crippen molar-refractivity contribution in [3.05, 3.63) is 41.7 Å². The van der Waals surface area contributed by atoms with Crippen molar-refractivity contribution >= 4 is 0 Å². The van der Waals surface area contributed by atoms with E-state index >= 15 is 0 Å². The third-order valence-corrected chi connectivity index (χ3v) is 2.56. The molecule has 5 nitrogen and oxygen atoms in total. The highest BCUT2D eigenvalue weighted by molar-refractivity contribution is 5.33. The Morgan fingerprint density at radius 1 is 1.47 bits per heavy atom. The van der Waals surface area contributed by atoms with Gasteiger partial charge in [0, 0.05) is 0 Å². The zero-order valence-electron chi connectivity index (χ0n) is 9.97. The van der Waals surface area contributed by atoms with Crippen LogP contribution in [0.5, 0.6) is 5.75 Å². The van der Waals surface area contributed by atoms with Gasteiger partial charge in [0.2, 0.25) is 0 Å². The van der Waals surface area contributed by atoms with Crippen LogP contribution in [0.3, 0.4) is 0 Å². The third-order valence-electron chi connectivity index (χ3n) is 2.56. The van der Waals surface area contributed by atoms with Gasteiger partial charge in [-0.15, -0.1) is 0 Å². The van der Waals surface area contributed by atoms with Crippen LogP contribution >= 0.6 is 0 Å². The first-order chi connectivity index (χ1) is 8.35. The molecule has 0 aliphatic rings. The highest BCUT2D eigenvalue weighted by atomic mass is 16.5. The predicted molar refractivity (Wildman–Crippen MR) is 64.9 cm³/mol. The lowest BCUT2D eigenvalue weighted by Crippen LogP contribution is -2.22. The van der Waals surface area contributed by atoms with Crippen molar-refractivity contribution in [2.45, 2.75) is 13.0 Å². The summed E-state index contributed by atoms with van der Waals surface area (Å²) in [4.78, 5) is 0. The van der Waals surface area contributed by atoms with Crippen LogP contribution in [0.25, 0.3) is 0 Å². The minimum absolute atomic E-state index is 0.0360. The molecule has 0 aliphatic heterocycles. The molecule has 0 radical (unpaired) electrons. The summed E-state index contributed by atoms with van der Waals surface area (Å²) in [5, 5.41) is 14.0. The summed E-state index contributed by atoms with van der Waals surface area (Å²) in [6.45, 7) is 2.92. The van der Waals surface area contributed by atoms with Crippen molar-refractivity contribution in [1.82, 2.24) is 20.7 Å². The second-order valence-electron chi connectivity index (χ2n) is 3.66. The van der Waals surface area contributed by atoms with E-state index < -0.39 is 0 Å². The van der Waals surface area contributed by atoms with Crippen molar-refractivity contribution in [1.29, 1.82) is 0 Å². The molecule has 2 rings (SSSR count). The summed E-state index contributed by atoms with van der Waals surface area (Å²) >= 11 is 0. The molecule has 0 spiro atoms. The molecule has 1 aromatic carbocycles. The van der Waals surface area contributed by atoms with Crippen LogP contribution in [0, 0.1) is 0 Å². The fraction of sp³-hybridized carbons (Fsp3) is 0.333. The van der Waals surface area contributed by atoms with Crippen molar-refractivity contribution in [3.8, 4) is 5.75 Å². The molecule has 90 valence electrons. The predicted octanol–water partition coefficient (Wildman–Crippen LogP) is 1.51. The van der Waals surface area contributed by atoms with Crippen molar-refractivity contribution < 1.29 is 4.74 Å². The molecule has 0 fully saturated rings.